The van der Waals surface area contributed by atoms with E-state index in [2.05, 4.69) is 10.3 Å². The van der Waals surface area contributed by atoms with Gasteiger partial charge in [-0.25, -0.2) is 0 Å². The molecule has 0 spiro atoms. The zero-order chi connectivity index (χ0) is 15.9. The molecule has 1 aliphatic rings. The highest BCUT2D eigenvalue weighted by atomic mass is 16.6. The number of nitro benzene ring substituents is 1. The Hall–Kier alpha value is -2.80. The third kappa shape index (κ3) is 2.21. The largest absolute Gasteiger partial charge is 0.375 e. The molecule has 0 bridgehead atoms. The average molecular weight is 299 g/mol. The molecule has 22 heavy (non-hydrogen) atoms. The van der Waals surface area contributed by atoms with Crippen LogP contribution in [0.1, 0.15) is 17.0 Å². The molecule has 2 aromatic rings. The number of fused-ring (bicyclic) bond motifs is 1. The van der Waals surface area contributed by atoms with Crippen molar-refractivity contribution in [3.8, 4) is 0 Å². The minimum Gasteiger partial charge on any atom is -0.375 e. The minimum atomic E-state index is -1.86. The summed E-state index contributed by atoms with van der Waals surface area (Å²) in [7, 11) is 0. The van der Waals surface area contributed by atoms with E-state index in [-0.39, 0.29) is 17.7 Å². The van der Waals surface area contributed by atoms with Gasteiger partial charge in [0.1, 0.15) is 0 Å². The molecule has 1 aromatic heterocycles. The first kappa shape index (κ1) is 14.2. The van der Waals surface area contributed by atoms with Gasteiger partial charge in [0.15, 0.2) is 5.60 Å². The smallest absolute Gasteiger partial charge is 0.269 e. The summed E-state index contributed by atoms with van der Waals surface area (Å²) in [5.74, 6) is -0.605. The molecule has 7 nitrogen and oxygen atoms in total. The molecule has 7 heteroatoms. The summed E-state index contributed by atoms with van der Waals surface area (Å²) >= 11 is 0. The van der Waals surface area contributed by atoms with Crippen LogP contribution in [-0.2, 0) is 16.8 Å². The molecule has 3 rings (SSSR count). The fraction of sp³-hybridized carbons (Fsp3) is 0.200. The van der Waals surface area contributed by atoms with Crippen molar-refractivity contribution < 1.29 is 14.8 Å². The molecule has 0 radical (unpaired) electrons. The van der Waals surface area contributed by atoms with E-state index in [0.29, 0.717) is 11.4 Å². The Kier molecular flexibility index (Phi) is 3.14. The maximum Gasteiger partial charge on any atom is 0.269 e. The number of aliphatic hydroxyl groups is 1. The van der Waals surface area contributed by atoms with Gasteiger partial charge in [0.25, 0.3) is 11.6 Å². The van der Waals surface area contributed by atoms with Gasteiger partial charge >= 0.3 is 0 Å². The fourth-order valence-electron chi connectivity index (χ4n) is 2.58. The lowest BCUT2D eigenvalue weighted by Crippen LogP contribution is -2.36. The van der Waals surface area contributed by atoms with Gasteiger partial charge in [-0.2, -0.15) is 0 Å². The van der Waals surface area contributed by atoms with Gasteiger partial charge in [0, 0.05) is 41.2 Å². The monoisotopic (exact) mass is 299 g/mol. The second-order valence-corrected chi connectivity index (χ2v) is 5.25. The maximum absolute atomic E-state index is 12.2. The molecule has 2 heterocycles. The molecule has 1 amide bonds. The number of nitro groups is 1. The van der Waals surface area contributed by atoms with Crippen molar-refractivity contribution in [2.24, 2.45) is 0 Å². The molecule has 1 unspecified atom stereocenters. The van der Waals surface area contributed by atoms with Gasteiger partial charge < -0.3 is 10.4 Å². The van der Waals surface area contributed by atoms with E-state index in [4.69, 9.17) is 0 Å². The number of carbonyl (C=O) groups excluding carboxylic acids is 1. The Balaban J connectivity index is 2.05. The van der Waals surface area contributed by atoms with Gasteiger partial charge in [0.2, 0.25) is 0 Å². The number of pyridine rings is 1. The summed E-state index contributed by atoms with van der Waals surface area (Å²) in [6.07, 6.45) is -0.0469. The van der Waals surface area contributed by atoms with Gasteiger partial charge in [-0.05, 0) is 25.1 Å². The topological polar surface area (TPSA) is 105 Å². The molecular formula is C15H13N3O4. The average Bonchev–Trinajstić information content (AvgIpc) is 2.70. The van der Waals surface area contributed by atoms with E-state index in [9.17, 15) is 20.0 Å². The summed E-state index contributed by atoms with van der Waals surface area (Å²) in [5.41, 5.74) is -0.148. The first-order valence-electron chi connectivity index (χ1n) is 6.65. The van der Waals surface area contributed by atoms with Crippen molar-refractivity contribution in [3.63, 3.8) is 0 Å². The fourth-order valence-corrected chi connectivity index (χ4v) is 2.58. The lowest BCUT2D eigenvalue weighted by atomic mass is 9.90. The molecule has 1 aliphatic heterocycles. The number of anilines is 1. The summed E-state index contributed by atoms with van der Waals surface area (Å²) in [6.45, 7) is 1.81. The Morgan fingerprint density at radius 2 is 2.14 bits per heavy atom. The van der Waals surface area contributed by atoms with Crippen LogP contribution in [0.15, 0.2) is 36.4 Å². The first-order chi connectivity index (χ1) is 10.4. The second-order valence-electron chi connectivity index (χ2n) is 5.25. The van der Waals surface area contributed by atoms with Gasteiger partial charge in [-0.3, -0.25) is 19.9 Å². The second kappa shape index (κ2) is 4.88. The summed E-state index contributed by atoms with van der Waals surface area (Å²) in [5, 5.41) is 24.2. The van der Waals surface area contributed by atoms with Crippen LogP contribution in [0.5, 0.6) is 0 Å². The highest BCUT2D eigenvalue weighted by Crippen LogP contribution is 2.39. The van der Waals surface area contributed by atoms with Crippen LogP contribution in [0.2, 0.25) is 0 Å². The Morgan fingerprint density at radius 1 is 1.36 bits per heavy atom. The van der Waals surface area contributed by atoms with Crippen molar-refractivity contribution >= 4 is 17.3 Å². The molecule has 0 fully saturated rings. The van der Waals surface area contributed by atoms with Crippen LogP contribution in [0.4, 0.5) is 11.4 Å². The summed E-state index contributed by atoms with van der Waals surface area (Å²) in [4.78, 5) is 26.8. The van der Waals surface area contributed by atoms with Crippen LogP contribution < -0.4 is 5.32 Å². The SMILES string of the molecule is Cc1cccc(CC2(O)C(=O)Nc3ccc([N+](=O)[O-])cc32)n1. The highest BCUT2D eigenvalue weighted by Gasteiger charge is 2.46. The predicted molar refractivity (Wildman–Crippen MR) is 78.3 cm³/mol. The number of benzene rings is 1. The van der Waals surface area contributed by atoms with Gasteiger partial charge in [0.05, 0.1) is 4.92 Å². The number of rotatable bonds is 3. The van der Waals surface area contributed by atoms with E-state index in [1.807, 2.05) is 0 Å². The molecule has 0 aliphatic carbocycles. The normalized spacial score (nSPS) is 19.6. The standard InChI is InChI=1S/C15H13N3O4/c1-9-3-2-4-10(16-9)8-15(20)12-7-11(18(21)22)5-6-13(12)17-14(15)19/h2-7,20H,8H2,1H3,(H,17,19). The number of nitrogens with zero attached hydrogens (tertiary/aromatic N) is 2. The zero-order valence-corrected chi connectivity index (χ0v) is 11.7. The van der Waals surface area contributed by atoms with Crippen molar-refractivity contribution in [1.82, 2.24) is 4.98 Å². The zero-order valence-electron chi connectivity index (χ0n) is 11.7. The summed E-state index contributed by atoms with van der Waals surface area (Å²) < 4.78 is 0. The van der Waals surface area contributed by atoms with E-state index >= 15 is 0 Å². The lowest BCUT2D eigenvalue weighted by Gasteiger charge is -2.20. The van der Waals surface area contributed by atoms with Crippen molar-refractivity contribution in [2.45, 2.75) is 18.9 Å². The van der Waals surface area contributed by atoms with E-state index in [0.717, 1.165) is 5.69 Å². The molecule has 2 N–H and O–H groups in total. The van der Waals surface area contributed by atoms with Gasteiger partial charge in [-0.15, -0.1) is 0 Å². The highest BCUT2D eigenvalue weighted by molar-refractivity contribution is 6.05. The Morgan fingerprint density at radius 3 is 2.82 bits per heavy atom. The molecule has 112 valence electrons. The Labute approximate surface area is 125 Å². The third-order valence-corrected chi connectivity index (χ3v) is 3.67. The van der Waals surface area contributed by atoms with Crippen LogP contribution in [0, 0.1) is 17.0 Å². The number of amides is 1. The number of hydrogen-bond acceptors (Lipinski definition) is 5. The number of aromatic nitrogens is 1. The number of aryl methyl sites for hydroxylation is 1. The van der Waals surface area contributed by atoms with Crippen LogP contribution >= 0.6 is 0 Å². The summed E-state index contributed by atoms with van der Waals surface area (Å²) in [6, 6.07) is 9.22. The Bertz CT molecular complexity index is 790. The van der Waals surface area contributed by atoms with Crippen molar-refractivity contribution in [3.05, 3.63) is 63.5 Å². The van der Waals surface area contributed by atoms with E-state index < -0.39 is 16.4 Å². The van der Waals surface area contributed by atoms with Crippen LogP contribution in [0.25, 0.3) is 0 Å². The molecule has 0 saturated heterocycles. The number of carbonyl (C=O) groups is 1. The maximum atomic E-state index is 12.2. The molecular weight excluding hydrogens is 286 g/mol. The quantitative estimate of drug-likeness (QED) is 0.662. The molecule has 0 saturated carbocycles. The van der Waals surface area contributed by atoms with E-state index in [1.54, 1.807) is 25.1 Å². The number of non-ortho nitro benzene ring substituents is 1. The minimum absolute atomic E-state index is 0.0469. The van der Waals surface area contributed by atoms with Crippen LogP contribution in [-0.4, -0.2) is 20.9 Å². The third-order valence-electron chi connectivity index (χ3n) is 3.67. The first-order valence-corrected chi connectivity index (χ1v) is 6.65. The van der Waals surface area contributed by atoms with Gasteiger partial charge in [-0.1, -0.05) is 6.07 Å². The molecule has 1 atom stereocenters. The van der Waals surface area contributed by atoms with E-state index in [1.165, 1.54) is 18.2 Å². The molecule has 1 aromatic carbocycles. The lowest BCUT2D eigenvalue weighted by molar-refractivity contribution is -0.385. The van der Waals surface area contributed by atoms with Crippen LogP contribution in [0.3, 0.4) is 0 Å². The predicted octanol–water partition coefficient (Wildman–Crippen LogP) is 1.68. The number of nitrogens with one attached hydrogen (secondary N) is 1. The van der Waals surface area contributed by atoms with Crippen molar-refractivity contribution in [1.29, 1.82) is 0 Å². The van der Waals surface area contributed by atoms with Crippen molar-refractivity contribution in [2.75, 3.05) is 5.32 Å². The number of hydrogen-bond donors (Lipinski definition) is 2.